The van der Waals surface area contributed by atoms with Crippen molar-refractivity contribution in [2.24, 2.45) is 0 Å². The van der Waals surface area contributed by atoms with Crippen molar-refractivity contribution in [2.45, 2.75) is 19.1 Å². The molecule has 1 amide bonds. The van der Waals surface area contributed by atoms with E-state index in [1.165, 1.54) is 13.3 Å². The summed E-state index contributed by atoms with van der Waals surface area (Å²) in [6.07, 6.45) is 0.414. The number of aromatic nitrogens is 1. The zero-order chi connectivity index (χ0) is 15.5. The molecule has 0 unspecified atom stereocenters. The molecule has 0 aliphatic carbocycles. The number of amides is 1. The van der Waals surface area contributed by atoms with E-state index in [4.69, 9.17) is 14.2 Å². The van der Waals surface area contributed by atoms with Gasteiger partial charge in [-0.3, -0.25) is 4.79 Å². The van der Waals surface area contributed by atoms with Crippen LogP contribution in [0.4, 0.5) is 5.69 Å². The maximum absolute atomic E-state index is 12.4. The number of hydrogen-bond donors (Lipinski definition) is 1. The summed E-state index contributed by atoms with van der Waals surface area (Å²) in [6.45, 7) is 1.80. The van der Waals surface area contributed by atoms with E-state index in [1.807, 2.05) is 18.2 Å². The quantitative estimate of drug-likeness (QED) is 0.941. The van der Waals surface area contributed by atoms with Gasteiger partial charge in [-0.15, -0.1) is 0 Å². The Hall–Kier alpha value is -2.76. The zero-order valence-corrected chi connectivity index (χ0v) is 12.3. The number of methoxy groups -OCH3 is 1. The van der Waals surface area contributed by atoms with Gasteiger partial charge in [0.15, 0.2) is 11.5 Å². The van der Waals surface area contributed by atoms with Gasteiger partial charge < -0.3 is 19.5 Å². The Morgan fingerprint density at radius 1 is 1.18 bits per heavy atom. The van der Waals surface area contributed by atoms with E-state index in [-0.39, 0.29) is 12.0 Å². The van der Waals surface area contributed by atoms with E-state index >= 15 is 0 Å². The molecule has 6 nitrogen and oxygen atoms in total. The molecule has 0 saturated heterocycles. The first-order valence-electron chi connectivity index (χ1n) is 6.90. The minimum atomic E-state index is -0.725. The zero-order valence-electron chi connectivity index (χ0n) is 12.3. The number of pyridine rings is 1. The molecule has 1 N–H and O–H groups in total. The van der Waals surface area contributed by atoms with E-state index < -0.39 is 6.10 Å². The van der Waals surface area contributed by atoms with Crippen molar-refractivity contribution < 1.29 is 19.0 Å². The van der Waals surface area contributed by atoms with Crippen LogP contribution >= 0.6 is 0 Å². The van der Waals surface area contributed by atoms with Gasteiger partial charge in [0.05, 0.1) is 19.0 Å². The normalized spacial score (nSPS) is 19.4. The molecule has 2 atom stereocenters. The van der Waals surface area contributed by atoms with Gasteiger partial charge in [0, 0.05) is 6.07 Å². The standard InChI is InChI=1S/C16H16N2O4/c1-10-15(22-13-6-4-3-5-12(13)21-10)16(19)18-11-7-8-14(20-2)17-9-11/h3-10,15H,1-2H3,(H,18,19)/t10-,15+/m0/s1. The summed E-state index contributed by atoms with van der Waals surface area (Å²) in [7, 11) is 1.53. The van der Waals surface area contributed by atoms with Gasteiger partial charge in [0.2, 0.25) is 12.0 Å². The molecule has 22 heavy (non-hydrogen) atoms. The molecule has 2 heterocycles. The summed E-state index contributed by atoms with van der Waals surface area (Å²) in [5, 5.41) is 2.76. The van der Waals surface area contributed by atoms with Crippen LogP contribution in [0.15, 0.2) is 42.6 Å². The van der Waals surface area contributed by atoms with E-state index in [1.54, 1.807) is 25.1 Å². The summed E-state index contributed by atoms with van der Waals surface area (Å²) in [6, 6.07) is 10.7. The smallest absolute Gasteiger partial charge is 0.269 e. The van der Waals surface area contributed by atoms with Crippen molar-refractivity contribution >= 4 is 11.6 Å². The lowest BCUT2D eigenvalue weighted by Gasteiger charge is -2.30. The van der Waals surface area contributed by atoms with Crippen LogP contribution in [0.5, 0.6) is 17.4 Å². The predicted octanol–water partition coefficient (Wildman–Crippen LogP) is 2.26. The Kier molecular flexibility index (Phi) is 3.82. The second-order valence-corrected chi connectivity index (χ2v) is 4.89. The Morgan fingerprint density at radius 2 is 1.91 bits per heavy atom. The molecule has 2 aromatic rings. The van der Waals surface area contributed by atoms with Crippen molar-refractivity contribution in [1.29, 1.82) is 0 Å². The number of nitrogens with one attached hydrogen (secondary N) is 1. The topological polar surface area (TPSA) is 69.7 Å². The van der Waals surface area contributed by atoms with Gasteiger partial charge in [-0.25, -0.2) is 4.98 Å². The average molecular weight is 300 g/mol. The van der Waals surface area contributed by atoms with Crippen LogP contribution in [0.1, 0.15) is 6.92 Å². The molecule has 1 aromatic carbocycles. The fraction of sp³-hybridized carbons (Fsp3) is 0.250. The highest BCUT2D eigenvalue weighted by molar-refractivity contribution is 5.95. The van der Waals surface area contributed by atoms with Gasteiger partial charge in [-0.2, -0.15) is 0 Å². The van der Waals surface area contributed by atoms with Crippen molar-refractivity contribution in [3.05, 3.63) is 42.6 Å². The minimum Gasteiger partial charge on any atom is -0.482 e. The molecule has 3 rings (SSSR count). The second kappa shape index (κ2) is 5.93. The molecular formula is C16H16N2O4. The third kappa shape index (κ3) is 2.81. The van der Waals surface area contributed by atoms with Crippen molar-refractivity contribution in [1.82, 2.24) is 4.98 Å². The number of rotatable bonds is 3. The highest BCUT2D eigenvalue weighted by Gasteiger charge is 2.34. The number of carbonyl (C=O) groups is 1. The number of ether oxygens (including phenoxy) is 3. The summed E-state index contributed by atoms with van der Waals surface area (Å²) >= 11 is 0. The monoisotopic (exact) mass is 300 g/mol. The van der Waals surface area contributed by atoms with E-state index in [0.29, 0.717) is 23.1 Å². The Labute approximate surface area is 128 Å². The highest BCUT2D eigenvalue weighted by Crippen LogP contribution is 2.33. The maximum atomic E-state index is 12.4. The Morgan fingerprint density at radius 3 is 2.55 bits per heavy atom. The number of hydrogen-bond acceptors (Lipinski definition) is 5. The number of carbonyl (C=O) groups excluding carboxylic acids is 1. The fourth-order valence-corrected chi connectivity index (χ4v) is 2.19. The molecule has 114 valence electrons. The van der Waals surface area contributed by atoms with Crippen LogP contribution in [0.3, 0.4) is 0 Å². The lowest BCUT2D eigenvalue weighted by Crippen LogP contribution is -2.46. The average Bonchev–Trinajstić information content (AvgIpc) is 2.54. The fourth-order valence-electron chi connectivity index (χ4n) is 2.19. The van der Waals surface area contributed by atoms with Crippen LogP contribution in [-0.2, 0) is 4.79 Å². The lowest BCUT2D eigenvalue weighted by atomic mass is 10.1. The summed E-state index contributed by atoms with van der Waals surface area (Å²) in [5.74, 6) is 1.41. The number of benzene rings is 1. The van der Waals surface area contributed by atoms with Gasteiger partial charge in [-0.05, 0) is 25.1 Å². The van der Waals surface area contributed by atoms with Gasteiger partial charge in [-0.1, -0.05) is 12.1 Å². The maximum Gasteiger partial charge on any atom is 0.269 e. The second-order valence-electron chi connectivity index (χ2n) is 4.89. The van der Waals surface area contributed by atoms with Crippen LogP contribution in [0.2, 0.25) is 0 Å². The molecule has 0 saturated carbocycles. The van der Waals surface area contributed by atoms with Crippen LogP contribution < -0.4 is 19.5 Å². The van der Waals surface area contributed by atoms with Crippen LogP contribution in [-0.4, -0.2) is 30.2 Å². The molecule has 1 aromatic heterocycles. The molecule has 0 bridgehead atoms. The molecule has 1 aliphatic rings. The van der Waals surface area contributed by atoms with E-state index in [2.05, 4.69) is 10.3 Å². The molecule has 0 fully saturated rings. The summed E-state index contributed by atoms with van der Waals surface area (Å²) < 4.78 is 16.4. The molecule has 1 aliphatic heterocycles. The number of fused-ring (bicyclic) bond motifs is 1. The molecule has 6 heteroatoms. The van der Waals surface area contributed by atoms with Crippen molar-refractivity contribution in [3.63, 3.8) is 0 Å². The number of nitrogens with zero attached hydrogens (tertiary/aromatic N) is 1. The first-order valence-corrected chi connectivity index (χ1v) is 6.90. The molecular weight excluding hydrogens is 284 g/mol. The third-order valence-corrected chi connectivity index (χ3v) is 3.31. The van der Waals surface area contributed by atoms with Crippen molar-refractivity contribution in [2.75, 3.05) is 12.4 Å². The SMILES string of the molecule is COc1ccc(NC(=O)[C@@H]2Oc3ccccc3O[C@H]2C)cn1. The van der Waals surface area contributed by atoms with Crippen LogP contribution in [0, 0.1) is 0 Å². The largest absolute Gasteiger partial charge is 0.482 e. The lowest BCUT2D eigenvalue weighted by molar-refractivity contribution is -0.128. The van der Waals surface area contributed by atoms with Crippen LogP contribution in [0.25, 0.3) is 0 Å². The minimum absolute atomic E-state index is 0.283. The first-order chi connectivity index (χ1) is 10.7. The number of para-hydroxylation sites is 2. The van der Waals surface area contributed by atoms with Gasteiger partial charge in [0.1, 0.15) is 6.10 Å². The molecule has 0 radical (unpaired) electrons. The van der Waals surface area contributed by atoms with Gasteiger partial charge in [0.25, 0.3) is 5.91 Å². The Bertz CT molecular complexity index is 672. The number of anilines is 1. The Balaban J connectivity index is 1.72. The highest BCUT2D eigenvalue weighted by atomic mass is 16.6. The van der Waals surface area contributed by atoms with Crippen molar-refractivity contribution in [3.8, 4) is 17.4 Å². The predicted molar refractivity (Wildman–Crippen MR) is 80.4 cm³/mol. The third-order valence-electron chi connectivity index (χ3n) is 3.31. The molecule has 0 spiro atoms. The first kappa shape index (κ1) is 14.2. The summed E-state index contributed by atoms with van der Waals surface area (Å²) in [4.78, 5) is 16.4. The van der Waals surface area contributed by atoms with E-state index in [9.17, 15) is 4.79 Å². The van der Waals surface area contributed by atoms with E-state index in [0.717, 1.165) is 0 Å². The summed E-state index contributed by atoms with van der Waals surface area (Å²) in [5.41, 5.74) is 0.570. The van der Waals surface area contributed by atoms with Gasteiger partial charge >= 0.3 is 0 Å².